The predicted molar refractivity (Wildman–Crippen MR) is 159 cm³/mol. The van der Waals surface area contributed by atoms with Gasteiger partial charge in [-0.2, -0.15) is 11.8 Å². The third kappa shape index (κ3) is 8.96. The highest BCUT2D eigenvalue weighted by atomic mass is 32.2. The first kappa shape index (κ1) is 31.4. The van der Waals surface area contributed by atoms with Gasteiger partial charge in [-0.25, -0.2) is 4.79 Å². The average Bonchev–Trinajstić information content (AvgIpc) is 3.40. The van der Waals surface area contributed by atoms with E-state index in [1.54, 1.807) is 11.8 Å². The van der Waals surface area contributed by atoms with Crippen LogP contribution < -0.4 is 16.0 Å². The minimum Gasteiger partial charge on any atom is -0.467 e. The van der Waals surface area contributed by atoms with Gasteiger partial charge >= 0.3 is 5.97 Å². The number of methoxy groups -OCH3 is 1. The molecule has 218 valence electrons. The second-order valence-corrected chi connectivity index (χ2v) is 11.4. The molecule has 1 heterocycles. The van der Waals surface area contributed by atoms with Gasteiger partial charge in [-0.15, -0.1) is 0 Å². The number of amides is 3. The standard InChI is InChI=1S/C30H42N4O5S/c1-5-20(2)26(33-29(37)24-13-14-27(35)31-24)18-34(17-22-11-8-10-21-9-6-7-12-23(21)22)19-28(36)32-25(15-16-40-4)30(38)39-3/h6-12,20,24-26H,5,13-19H2,1-4H3,(H,31,35)(H,32,36)(H,33,37)/t20-,24-,25-,26+/m0/s1. The molecule has 0 aromatic heterocycles. The van der Waals surface area contributed by atoms with E-state index in [1.165, 1.54) is 7.11 Å². The SMILES string of the molecule is CC[C@H](C)[C@@H](CN(CC(=O)N[C@@H](CCSC)C(=O)OC)Cc1cccc2ccccc12)NC(=O)[C@@H]1CCC(=O)N1. The zero-order valence-electron chi connectivity index (χ0n) is 23.9. The fourth-order valence-corrected chi connectivity index (χ4v) is 5.42. The van der Waals surface area contributed by atoms with Crippen molar-refractivity contribution in [2.75, 3.05) is 32.2 Å². The molecular formula is C30H42N4O5S. The normalized spacial score (nSPS) is 17.2. The Hall–Kier alpha value is -3.11. The molecule has 2 aromatic rings. The number of rotatable bonds is 15. The summed E-state index contributed by atoms with van der Waals surface area (Å²) in [7, 11) is 1.32. The Morgan fingerprint density at radius 2 is 1.90 bits per heavy atom. The number of nitrogens with one attached hydrogen (secondary N) is 3. The topological polar surface area (TPSA) is 117 Å². The number of carbonyl (C=O) groups is 4. The van der Waals surface area contributed by atoms with E-state index in [4.69, 9.17) is 4.74 Å². The molecule has 3 amide bonds. The van der Waals surface area contributed by atoms with Gasteiger partial charge in [0.05, 0.1) is 13.7 Å². The molecule has 9 nitrogen and oxygen atoms in total. The van der Waals surface area contributed by atoms with E-state index in [-0.39, 0.29) is 36.2 Å². The lowest BCUT2D eigenvalue weighted by atomic mass is 9.97. The molecule has 1 aliphatic heterocycles. The molecule has 2 aromatic carbocycles. The molecule has 0 spiro atoms. The molecule has 1 fully saturated rings. The molecule has 4 atom stereocenters. The van der Waals surface area contributed by atoms with Gasteiger partial charge in [0, 0.05) is 25.6 Å². The number of esters is 1. The number of hydrogen-bond donors (Lipinski definition) is 3. The predicted octanol–water partition coefficient (Wildman–Crippen LogP) is 2.86. The fourth-order valence-electron chi connectivity index (χ4n) is 4.95. The second kappa shape index (κ2) is 15.6. The summed E-state index contributed by atoms with van der Waals surface area (Å²) >= 11 is 1.60. The van der Waals surface area contributed by atoms with Gasteiger partial charge < -0.3 is 20.7 Å². The molecule has 1 saturated heterocycles. The molecule has 10 heteroatoms. The number of carbonyl (C=O) groups excluding carboxylic acids is 4. The highest BCUT2D eigenvalue weighted by Gasteiger charge is 2.31. The zero-order chi connectivity index (χ0) is 29.1. The molecule has 1 aliphatic rings. The van der Waals surface area contributed by atoms with Crippen molar-refractivity contribution in [3.8, 4) is 0 Å². The highest BCUT2D eigenvalue weighted by molar-refractivity contribution is 7.98. The number of benzene rings is 2. The van der Waals surface area contributed by atoms with E-state index < -0.39 is 18.1 Å². The van der Waals surface area contributed by atoms with Gasteiger partial charge in [-0.3, -0.25) is 19.3 Å². The largest absolute Gasteiger partial charge is 0.467 e. The zero-order valence-corrected chi connectivity index (χ0v) is 24.7. The lowest BCUT2D eigenvalue weighted by Gasteiger charge is -2.32. The summed E-state index contributed by atoms with van der Waals surface area (Å²) in [4.78, 5) is 52.3. The molecule has 40 heavy (non-hydrogen) atoms. The van der Waals surface area contributed by atoms with Crippen LogP contribution in [-0.2, 0) is 30.5 Å². The lowest BCUT2D eigenvalue weighted by Crippen LogP contribution is -2.53. The summed E-state index contributed by atoms with van der Waals surface area (Å²) in [5.41, 5.74) is 1.06. The van der Waals surface area contributed by atoms with Crippen molar-refractivity contribution in [2.45, 2.75) is 64.2 Å². The van der Waals surface area contributed by atoms with Crippen molar-refractivity contribution in [1.82, 2.24) is 20.9 Å². The van der Waals surface area contributed by atoms with E-state index in [0.29, 0.717) is 38.1 Å². The van der Waals surface area contributed by atoms with Gasteiger partial charge in [0.2, 0.25) is 17.7 Å². The lowest BCUT2D eigenvalue weighted by molar-refractivity contribution is -0.145. The van der Waals surface area contributed by atoms with Crippen LogP contribution >= 0.6 is 11.8 Å². The fraction of sp³-hybridized carbons (Fsp3) is 0.533. The quantitative estimate of drug-likeness (QED) is 0.282. The van der Waals surface area contributed by atoms with Crippen LogP contribution in [0.5, 0.6) is 0 Å². The van der Waals surface area contributed by atoms with E-state index in [9.17, 15) is 19.2 Å². The van der Waals surface area contributed by atoms with Crippen LogP contribution in [-0.4, -0.2) is 78.9 Å². The van der Waals surface area contributed by atoms with Gasteiger partial charge in [0.15, 0.2) is 0 Å². The molecular weight excluding hydrogens is 528 g/mol. The molecule has 0 aliphatic carbocycles. The third-order valence-corrected chi connectivity index (χ3v) is 8.14. The summed E-state index contributed by atoms with van der Waals surface area (Å²) in [6.07, 6.45) is 4.07. The number of thioether (sulfide) groups is 1. The van der Waals surface area contributed by atoms with Crippen molar-refractivity contribution in [3.63, 3.8) is 0 Å². The first-order chi connectivity index (χ1) is 19.2. The van der Waals surface area contributed by atoms with Crippen molar-refractivity contribution in [1.29, 1.82) is 0 Å². The van der Waals surface area contributed by atoms with Gasteiger partial charge in [0.1, 0.15) is 12.1 Å². The smallest absolute Gasteiger partial charge is 0.328 e. The van der Waals surface area contributed by atoms with Crippen LogP contribution in [0.2, 0.25) is 0 Å². The summed E-state index contributed by atoms with van der Waals surface area (Å²) in [6, 6.07) is 12.7. The van der Waals surface area contributed by atoms with Crippen LogP contribution in [0.4, 0.5) is 0 Å². The maximum absolute atomic E-state index is 13.3. The third-order valence-electron chi connectivity index (χ3n) is 7.50. The van der Waals surface area contributed by atoms with Crippen molar-refractivity contribution in [2.24, 2.45) is 5.92 Å². The van der Waals surface area contributed by atoms with E-state index in [1.807, 2.05) is 35.4 Å². The van der Waals surface area contributed by atoms with E-state index >= 15 is 0 Å². The minimum atomic E-state index is -0.722. The van der Waals surface area contributed by atoms with Crippen molar-refractivity contribution < 1.29 is 23.9 Å². The summed E-state index contributed by atoms with van der Waals surface area (Å²) < 4.78 is 4.92. The molecule has 0 unspecified atom stereocenters. The van der Waals surface area contributed by atoms with Crippen molar-refractivity contribution >= 4 is 46.2 Å². The Balaban J connectivity index is 1.83. The Morgan fingerprint density at radius 1 is 1.15 bits per heavy atom. The Bertz CT molecular complexity index is 1170. The summed E-state index contributed by atoms with van der Waals surface area (Å²) in [5, 5.41) is 11.0. The second-order valence-electron chi connectivity index (χ2n) is 10.4. The van der Waals surface area contributed by atoms with Gasteiger partial charge in [-0.05, 0) is 47.1 Å². The van der Waals surface area contributed by atoms with Crippen LogP contribution in [0.1, 0.15) is 45.1 Å². The van der Waals surface area contributed by atoms with Gasteiger partial charge in [0.25, 0.3) is 0 Å². The monoisotopic (exact) mass is 570 g/mol. The van der Waals surface area contributed by atoms with Crippen molar-refractivity contribution in [3.05, 3.63) is 48.0 Å². The molecule has 0 saturated carbocycles. The molecule has 0 bridgehead atoms. The maximum atomic E-state index is 13.3. The number of fused-ring (bicyclic) bond motifs is 1. The Labute approximate surface area is 241 Å². The highest BCUT2D eigenvalue weighted by Crippen LogP contribution is 2.21. The first-order valence-corrected chi connectivity index (χ1v) is 15.3. The van der Waals surface area contributed by atoms with E-state index in [0.717, 1.165) is 22.8 Å². The average molecular weight is 571 g/mol. The molecule has 3 rings (SSSR count). The van der Waals surface area contributed by atoms with E-state index in [2.05, 4.69) is 48.0 Å². The number of nitrogens with zero attached hydrogens (tertiary/aromatic N) is 1. The van der Waals surface area contributed by atoms with Gasteiger partial charge in [-0.1, -0.05) is 62.7 Å². The van der Waals surface area contributed by atoms with Crippen LogP contribution in [0.25, 0.3) is 10.8 Å². The molecule has 0 radical (unpaired) electrons. The van der Waals surface area contributed by atoms with Crippen LogP contribution in [0.3, 0.4) is 0 Å². The maximum Gasteiger partial charge on any atom is 0.328 e. The number of hydrogen-bond acceptors (Lipinski definition) is 7. The first-order valence-electron chi connectivity index (χ1n) is 13.9. The Morgan fingerprint density at radius 3 is 2.58 bits per heavy atom. The van der Waals surface area contributed by atoms with Crippen LogP contribution in [0, 0.1) is 5.92 Å². The molecule has 3 N–H and O–H groups in total. The summed E-state index contributed by atoms with van der Waals surface area (Å²) in [6.45, 7) is 5.08. The number of ether oxygens (including phenoxy) is 1. The van der Waals surface area contributed by atoms with Crippen LogP contribution in [0.15, 0.2) is 42.5 Å². The summed E-state index contributed by atoms with van der Waals surface area (Å²) in [5.74, 6) is -0.229. The minimum absolute atomic E-state index is 0.0406. The Kier molecular flexibility index (Phi) is 12.3.